The fourth-order valence-electron chi connectivity index (χ4n) is 3.49. The van der Waals surface area contributed by atoms with E-state index in [1.54, 1.807) is 30.3 Å². The van der Waals surface area contributed by atoms with Crippen molar-refractivity contribution in [3.63, 3.8) is 0 Å². The van der Waals surface area contributed by atoms with E-state index in [4.69, 9.17) is 9.47 Å². The Morgan fingerprint density at radius 3 is 2.33 bits per heavy atom. The molecule has 0 fully saturated rings. The van der Waals surface area contributed by atoms with Gasteiger partial charge in [-0.3, -0.25) is 4.79 Å². The zero-order chi connectivity index (χ0) is 22.6. The van der Waals surface area contributed by atoms with E-state index in [0.717, 1.165) is 16.9 Å². The van der Waals surface area contributed by atoms with Crippen LogP contribution in [0.25, 0.3) is 11.3 Å². The molecule has 0 saturated heterocycles. The van der Waals surface area contributed by atoms with E-state index in [9.17, 15) is 4.79 Å². The van der Waals surface area contributed by atoms with E-state index in [1.165, 1.54) is 11.9 Å². The molecular formula is C26H22N4O3. The van der Waals surface area contributed by atoms with Crippen molar-refractivity contribution in [3.05, 3.63) is 90.3 Å². The third-order valence-corrected chi connectivity index (χ3v) is 5.23. The fraction of sp³-hybridized carbons (Fsp3) is 0.115. The number of ether oxygens (including phenoxy) is 2. The molecule has 0 aliphatic carbocycles. The maximum atomic E-state index is 12.7. The highest BCUT2D eigenvalue weighted by molar-refractivity contribution is 6.04. The molecule has 2 heterocycles. The Morgan fingerprint density at radius 2 is 1.55 bits per heavy atom. The van der Waals surface area contributed by atoms with Crippen LogP contribution in [0.3, 0.4) is 0 Å². The average molecular weight is 438 g/mol. The summed E-state index contributed by atoms with van der Waals surface area (Å²) in [5.74, 6) is 1.79. The van der Waals surface area contributed by atoms with Gasteiger partial charge < -0.3 is 20.1 Å². The van der Waals surface area contributed by atoms with Crippen molar-refractivity contribution in [2.75, 3.05) is 23.8 Å². The maximum absolute atomic E-state index is 12.7. The van der Waals surface area contributed by atoms with Gasteiger partial charge in [0.05, 0.1) is 5.69 Å². The van der Waals surface area contributed by atoms with Crippen LogP contribution in [0, 0.1) is 6.92 Å². The van der Waals surface area contributed by atoms with Crippen molar-refractivity contribution >= 4 is 23.1 Å². The molecule has 0 atom stereocenters. The summed E-state index contributed by atoms with van der Waals surface area (Å²) in [7, 11) is 0. The molecule has 1 aliphatic rings. The van der Waals surface area contributed by atoms with Crippen LogP contribution in [-0.2, 0) is 0 Å². The molecule has 4 aromatic rings. The molecule has 1 aliphatic heterocycles. The van der Waals surface area contributed by atoms with Gasteiger partial charge in [-0.1, -0.05) is 29.8 Å². The van der Waals surface area contributed by atoms with E-state index in [0.29, 0.717) is 41.8 Å². The highest BCUT2D eigenvalue weighted by atomic mass is 16.6. The molecule has 0 bridgehead atoms. The molecule has 0 saturated carbocycles. The van der Waals surface area contributed by atoms with E-state index in [2.05, 4.69) is 39.7 Å². The van der Waals surface area contributed by atoms with Gasteiger partial charge in [0.25, 0.3) is 5.91 Å². The van der Waals surface area contributed by atoms with Gasteiger partial charge >= 0.3 is 0 Å². The van der Waals surface area contributed by atoms with Crippen molar-refractivity contribution in [2.24, 2.45) is 0 Å². The number of nitrogens with one attached hydrogen (secondary N) is 2. The summed E-state index contributed by atoms with van der Waals surface area (Å²) in [5, 5.41) is 6.15. The Kier molecular flexibility index (Phi) is 5.59. The van der Waals surface area contributed by atoms with Gasteiger partial charge in [0, 0.05) is 34.6 Å². The summed E-state index contributed by atoms with van der Waals surface area (Å²) in [6, 6.07) is 22.6. The van der Waals surface area contributed by atoms with Crippen molar-refractivity contribution in [3.8, 4) is 22.8 Å². The number of benzene rings is 3. The number of carbonyl (C=O) groups excluding carboxylic acids is 1. The molecular weight excluding hydrogens is 416 g/mol. The lowest BCUT2D eigenvalue weighted by atomic mass is 10.1. The smallest absolute Gasteiger partial charge is 0.255 e. The molecule has 7 nitrogen and oxygen atoms in total. The molecule has 33 heavy (non-hydrogen) atoms. The first kappa shape index (κ1) is 20.5. The van der Waals surface area contributed by atoms with Crippen LogP contribution in [-0.4, -0.2) is 29.1 Å². The topological polar surface area (TPSA) is 85.4 Å². The lowest BCUT2D eigenvalue weighted by molar-refractivity contribution is 0.102. The third-order valence-electron chi connectivity index (χ3n) is 5.23. The van der Waals surface area contributed by atoms with Gasteiger partial charge in [-0.2, -0.15) is 0 Å². The number of rotatable bonds is 5. The number of nitrogens with zero attached hydrogens (tertiary/aromatic N) is 2. The summed E-state index contributed by atoms with van der Waals surface area (Å²) in [6.07, 6.45) is 1.53. The molecule has 164 valence electrons. The van der Waals surface area contributed by atoms with Gasteiger partial charge in [0.2, 0.25) is 0 Å². The number of aryl methyl sites for hydroxylation is 1. The van der Waals surface area contributed by atoms with Crippen LogP contribution in [0.1, 0.15) is 15.9 Å². The van der Waals surface area contributed by atoms with Crippen LogP contribution in [0.5, 0.6) is 11.5 Å². The Balaban J connectivity index is 1.25. The zero-order valence-corrected chi connectivity index (χ0v) is 18.0. The van der Waals surface area contributed by atoms with Gasteiger partial charge in [0.15, 0.2) is 11.5 Å². The highest BCUT2D eigenvalue weighted by Gasteiger charge is 2.13. The number of carbonyl (C=O) groups is 1. The lowest BCUT2D eigenvalue weighted by Crippen LogP contribution is -2.16. The normalized spacial score (nSPS) is 12.2. The maximum Gasteiger partial charge on any atom is 0.255 e. The summed E-state index contributed by atoms with van der Waals surface area (Å²) in [5.41, 5.74) is 5.07. The molecule has 1 aromatic heterocycles. The quantitative estimate of drug-likeness (QED) is 0.444. The highest BCUT2D eigenvalue weighted by Crippen LogP contribution is 2.32. The van der Waals surface area contributed by atoms with Crippen molar-refractivity contribution in [1.82, 2.24) is 9.97 Å². The molecule has 0 spiro atoms. The second-order valence-corrected chi connectivity index (χ2v) is 7.67. The Labute approximate surface area is 191 Å². The number of aromatic nitrogens is 2. The fourth-order valence-corrected chi connectivity index (χ4v) is 3.49. The van der Waals surface area contributed by atoms with E-state index in [-0.39, 0.29) is 5.91 Å². The third kappa shape index (κ3) is 4.77. The summed E-state index contributed by atoms with van der Waals surface area (Å²) in [4.78, 5) is 21.3. The average Bonchev–Trinajstić information content (AvgIpc) is 2.85. The van der Waals surface area contributed by atoms with Gasteiger partial charge in [-0.15, -0.1) is 0 Å². The lowest BCUT2D eigenvalue weighted by Gasteiger charge is -2.19. The number of hydrogen-bond acceptors (Lipinski definition) is 6. The van der Waals surface area contributed by atoms with E-state index >= 15 is 0 Å². The van der Waals surface area contributed by atoms with Crippen LogP contribution in [0.15, 0.2) is 79.1 Å². The molecule has 0 unspecified atom stereocenters. The molecule has 3 aromatic carbocycles. The number of fused-ring (bicyclic) bond motifs is 1. The minimum absolute atomic E-state index is 0.207. The number of hydrogen-bond donors (Lipinski definition) is 2. The second-order valence-electron chi connectivity index (χ2n) is 7.67. The summed E-state index contributed by atoms with van der Waals surface area (Å²) < 4.78 is 11.1. The van der Waals surface area contributed by atoms with Gasteiger partial charge in [-0.25, -0.2) is 9.97 Å². The summed E-state index contributed by atoms with van der Waals surface area (Å²) in [6.45, 7) is 3.08. The van der Waals surface area contributed by atoms with Crippen molar-refractivity contribution < 1.29 is 14.3 Å². The van der Waals surface area contributed by atoms with Crippen LogP contribution in [0.2, 0.25) is 0 Å². The van der Waals surface area contributed by atoms with E-state index < -0.39 is 0 Å². The predicted molar refractivity (Wildman–Crippen MR) is 127 cm³/mol. The van der Waals surface area contributed by atoms with Crippen LogP contribution in [0.4, 0.5) is 17.2 Å². The monoisotopic (exact) mass is 438 g/mol. The first-order valence-electron chi connectivity index (χ1n) is 10.6. The standard InChI is InChI=1S/C26H22N4O3/c1-17-2-4-18(5-3-17)22-15-25(28-16-27-22)29-20-8-6-19(7-9-20)26(31)30-21-10-11-23-24(14-21)33-13-12-32-23/h2-11,14-16H,12-13H2,1H3,(H,30,31)(H,27,28,29). The molecule has 7 heteroatoms. The second kappa shape index (κ2) is 9.00. The minimum Gasteiger partial charge on any atom is -0.486 e. The first-order chi connectivity index (χ1) is 16.1. The van der Waals surface area contributed by atoms with Crippen LogP contribution >= 0.6 is 0 Å². The molecule has 1 amide bonds. The van der Waals surface area contributed by atoms with Gasteiger partial charge in [-0.05, 0) is 43.3 Å². The largest absolute Gasteiger partial charge is 0.486 e. The Bertz CT molecular complexity index is 1290. The number of anilines is 3. The molecule has 0 radical (unpaired) electrons. The molecule has 2 N–H and O–H groups in total. The zero-order valence-electron chi connectivity index (χ0n) is 18.0. The first-order valence-corrected chi connectivity index (χ1v) is 10.6. The minimum atomic E-state index is -0.207. The van der Waals surface area contributed by atoms with Crippen LogP contribution < -0.4 is 20.1 Å². The van der Waals surface area contributed by atoms with Crippen molar-refractivity contribution in [1.29, 1.82) is 0 Å². The SMILES string of the molecule is Cc1ccc(-c2cc(Nc3ccc(C(=O)Nc4ccc5c(c4)OCCO5)cc3)ncn2)cc1. The number of amides is 1. The van der Waals surface area contributed by atoms with Crippen molar-refractivity contribution in [2.45, 2.75) is 6.92 Å². The van der Waals surface area contributed by atoms with Gasteiger partial charge in [0.1, 0.15) is 25.4 Å². The van der Waals surface area contributed by atoms with E-state index in [1.807, 2.05) is 30.3 Å². The Morgan fingerprint density at radius 1 is 0.818 bits per heavy atom. The summed E-state index contributed by atoms with van der Waals surface area (Å²) >= 11 is 0. The Hall–Kier alpha value is -4.39. The molecule has 5 rings (SSSR count). The predicted octanol–water partition coefficient (Wildman–Crippen LogP) is 5.22.